The zero-order valence-electron chi connectivity index (χ0n) is 12.6. The van der Waals surface area contributed by atoms with E-state index in [4.69, 9.17) is 0 Å². The summed E-state index contributed by atoms with van der Waals surface area (Å²) < 4.78 is 4.67. The number of methoxy groups -OCH3 is 1. The van der Waals surface area contributed by atoms with Crippen LogP contribution in [-0.2, 0) is 11.3 Å². The SMILES string of the molecule is COC(=O)c1ccc(N(C)Cc2ccccc2B(O)O)cc1. The van der Waals surface area contributed by atoms with E-state index in [1.165, 1.54) is 7.11 Å². The van der Waals surface area contributed by atoms with Crippen molar-refractivity contribution in [1.82, 2.24) is 0 Å². The van der Waals surface area contributed by atoms with Crippen molar-refractivity contribution in [3.8, 4) is 0 Å². The van der Waals surface area contributed by atoms with Gasteiger partial charge in [-0.25, -0.2) is 4.79 Å². The number of hydrogen-bond acceptors (Lipinski definition) is 5. The first-order valence-corrected chi connectivity index (χ1v) is 6.86. The lowest BCUT2D eigenvalue weighted by atomic mass is 9.77. The van der Waals surface area contributed by atoms with Crippen molar-refractivity contribution in [1.29, 1.82) is 0 Å². The van der Waals surface area contributed by atoms with Crippen molar-refractivity contribution in [2.75, 3.05) is 19.1 Å². The molecule has 0 aliphatic rings. The maximum atomic E-state index is 11.4. The number of anilines is 1. The molecule has 0 heterocycles. The number of benzene rings is 2. The van der Waals surface area contributed by atoms with Crippen molar-refractivity contribution in [2.45, 2.75) is 6.54 Å². The van der Waals surface area contributed by atoms with E-state index < -0.39 is 7.12 Å². The molecule has 0 saturated heterocycles. The van der Waals surface area contributed by atoms with Crippen LogP contribution in [0.4, 0.5) is 5.69 Å². The van der Waals surface area contributed by atoms with E-state index in [1.54, 1.807) is 24.3 Å². The second-order valence-electron chi connectivity index (χ2n) is 4.97. The Morgan fingerprint density at radius 1 is 1.14 bits per heavy atom. The highest BCUT2D eigenvalue weighted by molar-refractivity contribution is 6.59. The van der Waals surface area contributed by atoms with Crippen molar-refractivity contribution in [2.24, 2.45) is 0 Å². The Morgan fingerprint density at radius 3 is 2.36 bits per heavy atom. The molecule has 0 unspecified atom stereocenters. The van der Waals surface area contributed by atoms with Gasteiger partial charge in [0.15, 0.2) is 0 Å². The first-order chi connectivity index (χ1) is 10.5. The monoisotopic (exact) mass is 299 g/mol. The summed E-state index contributed by atoms with van der Waals surface area (Å²) in [7, 11) is 1.75. The van der Waals surface area contributed by atoms with Gasteiger partial charge in [-0.1, -0.05) is 24.3 Å². The summed E-state index contributed by atoms with van der Waals surface area (Å²) in [6, 6.07) is 14.2. The summed E-state index contributed by atoms with van der Waals surface area (Å²) in [6.07, 6.45) is 0. The molecule has 2 aromatic carbocycles. The molecule has 2 aromatic rings. The van der Waals surface area contributed by atoms with Crippen LogP contribution in [0.5, 0.6) is 0 Å². The van der Waals surface area contributed by atoms with Crippen LogP contribution in [0.2, 0.25) is 0 Å². The average Bonchev–Trinajstić information content (AvgIpc) is 2.54. The van der Waals surface area contributed by atoms with Gasteiger partial charge in [-0.3, -0.25) is 0 Å². The largest absolute Gasteiger partial charge is 0.488 e. The minimum absolute atomic E-state index is 0.372. The van der Waals surface area contributed by atoms with Gasteiger partial charge >= 0.3 is 13.1 Å². The van der Waals surface area contributed by atoms with Crippen molar-refractivity contribution < 1.29 is 19.6 Å². The van der Waals surface area contributed by atoms with Crippen LogP contribution in [0.3, 0.4) is 0 Å². The molecule has 0 aromatic heterocycles. The van der Waals surface area contributed by atoms with Gasteiger partial charge in [0.05, 0.1) is 12.7 Å². The van der Waals surface area contributed by atoms with E-state index in [-0.39, 0.29) is 5.97 Å². The molecule has 114 valence electrons. The first kappa shape index (κ1) is 16.1. The smallest absolute Gasteiger partial charge is 0.465 e. The Hall–Kier alpha value is -2.31. The van der Waals surface area contributed by atoms with Crippen molar-refractivity contribution in [3.05, 3.63) is 59.7 Å². The fourth-order valence-corrected chi connectivity index (χ4v) is 2.25. The fraction of sp³-hybridized carbons (Fsp3) is 0.188. The molecule has 0 radical (unpaired) electrons. The highest BCUT2D eigenvalue weighted by Gasteiger charge is 2.16. The summed E-state index contributed by atoms with van der Waals surface area (Å²) in [4.78, 5) is 13.4. The van der Waals surface area contributed by atoms with E-state index in [9.17, 15) is 14.8 Å². The molecule has 6 heteroatoms. The lowest BCUT2D eigenvalue weighted by molar-refractivity contribution is 0.0600. The standard InChI is InChI=1S/C16H18BNO4/c1-18(11-13-5-3-4-6-15(13)17(20)21)14-9-7-12(8-10-14)16(19)22-2/h3-10,20-21H,11H2,1-2H3. The van der Waals surface area contributed by atoms with E-state index >= 15 is 0 Å². The van der Waals surface area contributed by atoms with Gasteiger partial charge in [0.2, 0.25) is 0 Å². The molecule has 0 aliphatic carbocycles. The van der Waals surface area contributed by atoms with Gasteiger partial charge in [-0.15, -0.1) is 0 Å². The normalized spacial score (nSPS) is 10.2. The molecule has 0 amide bonds. The minimum Gasteiger partial charge on any atom is -0.465 e. The average molecular weight is 299 g/mol. The molecular formula is C16H18BNO4. The van der Waals surface area contributed by atoms with E-state index in [2.05, 4.69) is 4.74 Å². The van der Waals surface area contributed by atoms with Crippen LogP contribution < -0.4 is 10.4 Å². The molecule has 0 spiro atoms. The molecule has 0 aliphatic heterocycles. The number of nitrogens with zero attached hydrogens (tertiary/aromatic N) is 1. The van der Waals surface area contributed by atoms with Gasteiger partial charge in [0.1, 0.15) is 0 Å². The van der Waals surface area contributed by atoms with Gasteiger partial charge in [0.25, 0.3) is 0 Å². The predicted molar refractivity (Wildman–Crippen MR) is 86.2 cm³/mol. The van der Waals surface area contributed by atoms with Gasteiger partial charge in [0, 0.05) is 19.3 Å². The second-order valence-corrected chi connectivity index (χ2v) is 4.97. The van der Waals surface area contributed by atoms with Crippen LogP contribution in [0.25, 0.3) is 0 Å². The molecule has 0 saturated carbocycles. The Balaban J connectivity index is 2.16. The van der Waals surface area contributed by atoms with Gasteiger partial charge in [-0.2, -0.15) is 0 Å². The number of rotatable bonds is 5. The summed E-state index contributed by atoms with van der Waals surface area (Å²) in [5, 5.41) is 18.8. The Morgan fingerprint density at radius 2 is 1.77 bits per heavy atom. The van der Waals surface area contributed by atoms with Gasteiger partial charge in [-0.05, 0) is 35.3 Å². The third kappa shape index (κ3) is 3.66. The maximum Gasteiger partial charge on any atom is 0.488 e. The summed E-state index contributed by atoms with van der Waals surface area (Å²) >= 11 is 0. The van der Waals surface area contributed by atoms with Crippen LogP contribution in [0.1, 0.15) is 15.9 Å². The van der Waals surface area contributed by atoms with Crippen LogP contribution in [0.15, 0.2) is 48.5 Å². The lowest BCUT2D eigenvalue weighted by Crippen LogP contribution is -2.35. The number of hydrogen-bond donors (Lipinski definition) is 2. The minimum atomic E-state index is -1.49. The molecule has 0 bridgehead atoms. The molecule has 2 rings (SSSR count). The van der Waals surface area contributed by atoms with Crippen molar-refractivity contribution >= 4 is 24.2 Å². The van der Waals surface area contributed by atoms with E-state index in [0.29, 0.717) is 17.6 Å². The topological polar surface area (TPSA) is 70.0 Å². The molecule has 22 heavy (non-hydrogen) atoms. The molecule has 5 nitrogen and oxygen atoms in total. The Bertz CT molecular complexity index is 643. The van der Waals surface area contributed by atoms with Gasteiger partial charge < -0.3 is 19.7 Å². The molecule has 0 fully saturated rings. The van der Waals surface area contributed by atoms with Crippen LogP contribution in [-0.4, -0.2) is 37.3 Å². The lowest BCUT2D eigenvalue weighted by Gasteiger charge is -2.21. The number of ether oxygens (including phenoxy) is 1. The molecule has 2 N–H and O–H groups in total. The zero-order valence-corrected chi connectivity index (χ0v) is 12.6. The third-order valence-electron chi connectivity index (χ3n) is 3.47. The fourth-order valence-electron chi connectivity index (χ4n) is 2.25. The quantitative estimate of drug-likeness (QED) is 0.631. The Labute approximate surface area is 129 Å². The predicted octanol–water partition coefficient (Wildman–Crippen LogP) is 0.789. The first-order valence-electron chi connectivity index (χ1n) is 6.86. The number of carbonyl (C=O) groups excluding carboxylic acids is 1. The molecular weight excluding hydrogens is 281 g/mol. The van der Waals surface area contributed by atoms with Crippen LogP contribution in [0, 0.1) is 0 Å². The summed E-state index contributed by atoms with van der Waals surface area (Å²) in [5.74, 6) is -0.372. The zero-order chi connectivity index (χ0) is 16.1. The highest BCUT2D eigenvalue weighted by atomic mass is 16.5. The van der Waals surface area contributed by atoms with E-state index in [0.717, 1.165) is 11.3 Å². The number of carbonyl (C=O) groups is 1. The van der Waals surface area contributed by atoms with E-state index in [1.807, 2.05) is 36.2 Å². The maximum absolute atomic E-state index is 11.4. The van der Waals surface area contributed by atoms with Crippen LogP contribution >= 0.6 is 0 Å². The molecule has 0 atom stereocenters. The summed E-state index contributed by atoms with van der Waals surface area (Å²) in [5.41, 5.74) is 2.72. The second kappa shape index (κ2) is 7.11. The third-order valence-corrected chi connectivity index (χ3v) is 3.47. The van der Waals surface area contributed by atoms with Crippen molar-refractivity contribution in [3.63, 3.8) is 0 Å². The Kier molecular flexibility index (Phi) is 5.19. The highest BCUT2D eigenvalue weighted by Crippen LogP contribution is 2.16. The number of esters is 1. The summed E-state index contributed by atoms with van der Waals surface area (Å²) in [6.45, 7) is 0.519.